The molecule has 0 unspecified atom stereocenters. The van der Waals surface area contributed by atoms with E-state index in [1.165, 1.54) is 44.3 Å². The van der Waals surface area contributed by atoms with E-state index in [0.29, 0.717) is 0 Å². The van der Waals surface area contributed by atoms with Crippen molar-refractivity contribution in [3.8, 4) is 5.75 Å². The van der Waals surface area contributed by atoms with Gasteiger partial charge in [-0.15, -0.1) is 0 Å². The highest BCUT2D eigenvalue weighted by atomic mass is 79.9. The fraction of sp³-hybridized carbons (Fsp3) is 0.571. The van der Waals surface area contributed by atoms with Crippen LogP contribution in [0.4, 0.5) is 0 Å². The molecule has 1 fully saturated rings. The summed E-state index contributed by atoms with van der Waals surface area (Å²) in [5, 5.41) is 0. The summed E-state index contributed by atoms with van der Waals surface area (Å²) in [6.45, 7) is 3.52. The van der Waals surface area contributed by atoms with Gasteiger partial charge in [0.15, 0.2) is 0 Å². The van der Waals surface area contributed by atoms with Crippen LogP contribution in [0.3, 0.4) is 0 Å². The van der Waals surface area contributed by atoms with Gasteiger partial charge in [0.25, 0.3) is 0 Å². The summed E-state index contributed by atoms with van der Waals surface area (Å²) in [4.78, 5) is 2.56. The Hall–Kier alpha value is -0.540. The molecule has 0 radical (unpaired) electrons. The van der Waals surface area contributed by atoms with Gasteiger partial charge in [0.2, 0.25) is 0 Å². The van der Waals surface area contributed by atoms with Crippen molar-refractivity contribution >= 4 is 15.9 Å². The first kappa shape index (κ1) is 12.9. The number of hydrogen-bond acceptors (Lipinski definition) is 2. The zero-order valence-electron chi connectivity index (χ0n) is 10.4. The van der Waals surface area contributed by atoms with Crippen LogP contribution in [0.15, 0.2) is 22.7 Å². The molecule has 0 aromatic heterocycles. The van der Waals surface area contributed by atoms with Crippen LogP contribution in [-0.2, 0) is 6.54 Å². The minimum Gasteiger partial charge on any atom is -0.497 e. The van der Waals surface area contributed by atoms with Crippen LogP contribution in [0.5, 0.6) is 5.75 Å². The molecule has 17 heavy (non-hydrogen) atoms. The fourth-order valence-electron chi connectivity index (χ4n) is 2.32. The highest BCUT2D eigenvalue weighted by Crippen LogP contribution is 2.24. The lowest BCUT2D eigenvalue weighted by Crippen LogP contribution is -2.24. The van der Waals surface area contributed by atoms with Crippen molar-refractivity contribution < 1.29 is 4.74 Å². The average Bonchev–Trinajstić information content (AvgIpc) is 2.60. The molecule has 1 saturated heterocycles. The first-order valence-corrected chi connectivity index (χ1v) is 7.13. The van der Waals surface area contributed by atoms with E-state index in [1.54, 1.807) is 7.11 Å². The summed E-state index contributed by atoms with van der Waals surface area (Å²) in [5.74, 6) is 0.913. The van der Waals surface area contributed by atoms with Crippen molar-refractivity contribution in [1.82, 2.24) is 4.90 Å². The number of likely N-dealkylation sites (tertiary alicyclic amines) is 1. The third-order valence-electron chi connectivity index (χ3n) is 3.35. The molecule has 1 aliphatic rings. The van der Waals surface area contributed by atoms with Gasteiger partial charge in [0.1, 0.15) is 5.75 Å². The second kappa shape index (κ2) is 6.41. The molecule has 0 saturated carbocycles. The van der Waals surface area contributed by atoms with Gasteiger partial charge in [0.05, 0.1) is 7.11 Å². The lowest BCUT2D eigenvalue weighted by atomic mass is 10.2. The summed E-state index contributed by atoms with van der Waals surface area (Å²) in [6, 6.07) is 6.25. The molecule has 0 aliphatic carbocycles. The highest BCUT2D eigenvalue weighted by Gasteiger charge is 2.11. The minimum absolute atomic E-state index is 0.913. The second-order valence-electron chi connectivity index (χ2n) is 4.65. The predicted molar refractivity (Wildman–Crippen MR) is 74.4 cm³/mol. The van der Waals surface area contributed by atoms with Crippen molar-refractivity contribution in [3.63, 3.8) is 0 Å². The number of ether oxygens (including phenoxy) is 1. The molecule has 94 valence electrons. The van der Waals surface area contributed by atoms with E-state index in [1.807, 2.05) is 12.1 Å². The standard InChI is InChI=1S/C14H20BrNO/c1-17-13-7-6-12(14(15)10-13)11-16-8-4-2-3-5-9-16/h6-7,10H,2-5,8-9,11H2,1H3. The Morgan fingerprint density at radius 1 is 1.18 bits per heavy atom. The summed E-state index contributed by atoms with van der Waals surface area (Å²) in [5.41, 5.74) is 1.35. The van der Waals surface area contributed by atoms with E-state index in [2.05, 4.69) is 26.9 Å². The molecule has 3 heteroatoms. The van der Waals surface area contributed by atoms with Crippen molar-refractivity contribution in [1.29, 1.82) is 0 Å². The Morgan fingerprint density at radius 2 is 1.88 bits per heavy atom. The van der Waals surface area contributed by atoms with Crippen LogP contribution in [0, 0.1) is 0 Å². The largest absolute Gasteiger partial charge is 0.497 e. The van der Waals surface area contributed by atoms with Crippen LogP contribution >= 0.6 is 15.9 Å². The van der Waals surface area contributed by atoms with Crippen molar-refractivity contribution in [2.24, 2.45) is 0 Å². The van der Waals surface area contributed by atoms with Crippen LogP contribution in [0.2, 0.25) is 0 Å². The molecular weight excluding hydrogens is 278 g/mol. The first-order chi connectivity index (χ1) is 8.29. The third kappa shape index (κ3) is 3.71. The SMILES string of the molecule is COc1ccc(CN2CCCCCC2)c(Br)c1. The van der Waals surface area contributed by atoms with E-state index >= 15 is 0 Å². The number of rotatable bonds is 3. The van der Waals surface area contributed by atoms with Gasteiger partial charge in [-0.05, 0) is 43.6 Å². The maximum Gasteiger partial charge on any atom is 0.120 e. The van der Waals surface area contributed by atoms with Crippen LogP contribution < -0.4 is 4.74 Å². The zero-order valence-corrected chi connectivity index (χ0v) is 12.0. The summed E-state index contributed by atoms with van der Waals surface area (Å²) in [6.07, 6.45) is 5.46. The summed E-state index contributed by atoms with van der Waals surface area (Å²) < 4.78 is 6.37. The van der Waals surface area contributed by atoms with Crippen molar-refractivity contribution in [2.45, 2.75) is 32.2 Å². The van der Waals surface area contributed by atoms with Gasteiger partial charge < -0.3 is 4.74 Å². The molecule has 0 amide bonds. The topological polar surface area (TPSA) is 12.5 Å². The molecule has 1 aromatic carbocycles. The van der Waals surface area contributed by atoms with Gasteiger partial charge in [-0.3, -0.25) is 4.90 Å². The molecule has 1 heterocycles. The summed E-state index contributed by atoms with van der Waals surface area (Å²) >= 11 is 3.63. The smallest absolute Gasteiger partial charge is 0.120 e. The molecule has 2 rings (SSSR count). The van der Waals surface area contributed by atoms with Gasteiger partial charge in [-0.1, -0.05) is 34.8 Å². The van der Waals surface area contributed by atoms with Crippen LogP contribution in [-0.4, -0.2) is 25.1 Å². The third-order valence-corrected chi connectivity index (χ3v) is 4.09. The quantitative estimate of drug-likeness (QED) is 0.841. The normalized spacial score (nSPS) is 17.8. The Labute approximate surface area is 112 Å². The van der Waals surface area contributed by atoms with E-state index in [4.69, 9.17) is 4.74 Å². The van der Waals surface area contributed by atoms with Gasteiger partial charge in [0, 0.05) is 11.0 Å². The molecular formula is C14H20BrNO. The fourth-order valence-corrected chi connectivity index (χ4v) is 2.80. The van der Waals surface area contributed by atoms with Crippen LogP contribution in [0.25, 0.3) is 0 Å². The number of hydrogen-bond donors (Lipinski definition) is 0. The van der Waals surface area contributed by atoms with Crippen molar-refractivity contribution in [3.05, 3.63) is 28.2 Å². The molecule has 2 nitrogen and oxygen atoms in total. The van der Waals surface area contributed by atoms with Gasteiger partial charge in [-0.2, -0.15) is 0 Å². The number of benzene rings is 1. The lowest BCUT2D eigenvalue weighted by molar-refractivity contribution is 0.276. The maximum absolute atomic E-state index is 5.22. The molecule has 0 atom stereocenters. The first-order valence-electron chi connectivity index (χ1n) is 6.34. The molecule has 1 aliphatic heterocycles. The Morgan fingerprint density at radius 3 is 2.47 bits per heavy atom. The van der Waals surface area contributed by atoms with Gasteiger partial charge in [-0.25, -0.2) is 0 Å². The van der Waals surface area contributed by atoms with E-state index in [0.717, 1.165) is 16.8 Å². The average molecular weight is 298 g/mol. The second-order valence-corrected chi connectivity index (χ2v) is 5.50. The van der Waals surface area contributed by atoms with E-state index < -0.39 is 0 Å². The molecule has 0 spiro atoms. The number of methoxy groups -OCH3 is 1. The minimum atomic E-state index is 0.913. The highest BCUT2D eigenvalue weighted by molar-refractivity contribution is 9.10. The predicted octanol–water partition coefficient (Wildman–Crippen LogP) is 3.83. The van der Waals surface area contributed by atoms with Crippen LogP contribution in [0.1, 0.15) is 31.2 Å². The molecule has 1 aromatic rings. The molecule has 0 N–H and O–H groups in total. The van der Waals surface area contributed by atoms with E-state index in [9.17, 15) is 0 Å². The van der Waals surface area contributed by atoms with E-state index in [-0.39, 0.29) is 0 Å². The number of halogens is 1. The monoisotopic (exact) mass is 297 g/mol. The molecule has 0 bridgehead atoms. The number of nitrogens with zero attached hydrogens (tertiary/aromatic N) is 1. The Bertz CT molecular complexity index is 359. The Kier molecular flexibility index (Phi) is 4.86. The maximum atomic E-state index is 5.22. The lowest BCUT2D eigenvalue weighted by Gasteiger charge is -2.20. The van der Waals surface area contributed by atoms with Gasteiger partial charge >= 0.3 is 0 Å². The van der Waals surface area contributed by atoms with Crippen molar-refractivity contribution in [2.75, 3.05) is 20.2 Å². The zero-order chi connectivity index (χ0) is 12.1. The Balaban J connectivity index is 2.01. The summed E-state index contributed by atoms with van der Waals surface area (Å²) in [7, 11) is 1.70.